The third kappa shape index (κ3) is 4.97. The van der Waals surface area contributed by atoms with Crippen molar-refractivity contribution < 1.29 is 13.9 Å². The molecule has 0 aliphatic rings. The molecule has 0 spiro atoms. The van der Waals surface area contributed by atoms with Crippen LogP contribution in [0, 0.1) is 5.82 Å². The molecule has 0 aliphatic heterocycles. The van der Waals surface area contributed by atoms with E-state index in [0.717, 1.165) is 31.4 Å². The lowest BCUT2D eigenvalue weighted by Gasteiger charge is -2.13. The molecule has 0 unspecified atom stereocenters. The van der Waals surface area contributed by atoms with Crippen LogP contribution < -0.4 is 14.8 Å². The second-order valence-electron chi connectivity index (χ2n) is 4.44. The summed E-state index contributed by atoms with van der Waals surface area (Å²) < 4.78 is 25.1. The molecule has 0 aliphatic carbocycles. The number of anilines is 1. The minimum Gasteiger partial charge on any atom is -0.490 e. The summed E-state index contributed by atoms with van der Waals surface area (Å²) in [5.41, 5.74) is 0.791. The number of rotatable bonds is 9. The van der Waals surface area contributed by atoms with Crippen LogP contribution >= 0.6 is 0 Å². The van der Waals surface area contributed by atoms with Crippen molar-refractivity contribution in [1.29, 1.82) is 0 Å². The number of nitrogens with one attached hydrogen (secondary N) is 1. The molecule has 0 amide bonds. The first kappa shape index (κ1) is 15.6. The highest BCUT2D eigenvalue weighted by Gasteiger charge is 2.13. The molecule has 3 nitrogen and oxygen atoms in total. The van der Waals surface area contributed by atoms with Crippen molar-refractivity contribution in [2.24, 2.45) is 0 Å². The third-order valence-corrected chi connectivity index (χ3v) is 2.81. The summed E-state index contributed by atoms with van der Waals surface area (Å²) >= 11 is 0. The third-order valence-electron chi connectivity index (χ3n) is 2.81. The molecule has 1 rings (SSSR count). The molecule has 1 aromatic carbocycles. The smallest absolute Gasteiger partial charge is 0.206 e. The number of hydrogen-bond donors (Lipinski definition) is 1. The molecule has 0 saturated carbocycles. The fourth-order valence-electron chi connectivity index (χ4n) is 1.58. The molecule has 1 aromatic rings. The van der Waals surface area contributed by atoms with Gasteiger partial charge in [0, 0.05) is 24.9 Å². The first-order valence-electron chi connectivity index (χ1n) is 6.99. The molecule has 0 radical (unpaired) electrons. The largest absolute Gasteiger partial charge is 0.490 e. The van der Waals surface area contributed by atoms with Crippen molar-refractivity contribution >= 4 is 5.69 Å². The molecule has 108 valence electrons. The normalized spacial score (nSPS) is 10.3. The maximum Gasteiger partial charge on any atom is 0.206 e. The van der Waals surface area contributed by atoms with Crippen molar-refractivity contribution in [3.8, 4) is 11.5 Å². The molecular formula is C15H24FNO2. The van der Waals surface area contributed by atoms with Gasteiger partial charge in [-0.3, -0.25) is 0 Å². The Morgan fingerprint density at radius 2 is 1.47 bits per heavy atom. The molecule has 0 bridgehead atoms. The Kier molecular flexibility index (Phi) is 7.08. The van der Waals surface area contributed by atoms with Crippen LogP contribution in [0.15, 0.2) is 12.1 Å². The van der Waals surface area contributed by atoms with Gasteiger partial charge < -0.3 is 14.8 Å². The van der Waals surface area contributed by atoms with Gasteiger partial charge in [0.2, 0.25) is 5.82 Å². The van der Waals surface area contributed by atoms with E-state index in [1.807, 2.05) is 0 Å². The van der Waals surface area contributed by atoms with Crippen molar-refractivity contribution in [3.05, 3.63) is 17.9 Å². The van der Waals surface area contributed by atoms with Gasteiger partial charge in [0.15, 0.2) is 11.5 Å². The van der Waals surface area contributed by atoms with E-state index in [-0.39, 0.29) is 11.5 Å². The molecular weight excluding hydrogens is 245 g/mol. The SMILES string of the molecule is CCCCOc1cc(NC)cc(OCCCC)c1F. The number of halogens is 1. The topological polar surface area (TPSA) is 30.5 Å². The zero-order valence-corrected chi connectivity index (χ0v) is 12.1. The second kappa shape index (κ2) is 8.62. The number of benzene rings is 1. The summed E-state index contributed by atoms with van der Waals surface area (Å²) in [6.45, 7) is 5.19. The molecule has 0 saturated heterocycles. The summed E-state index contributed by atoms with van der Waals surface area (Å²) in [6.07, 6.45) is 3.87. The van der Waals surface area contributed by atoms with Gasteiger partial charge in [-0.25, -0.2) is 0 Å². The van der Waals surface area contributed by atoms with Gasteiger partial charge in [0.25, 0.3) is 0 Å². The maximum atomic E-state index is 14.2. The van der Waals surface area contributed by atoms with Gasteiger partial charge in [-0.2, -0.15) is 4.39 Å². The lowest BCUT2D eigenvalue weighted by Crippen LogP contribution is -2.04. The van der Waals surface area contributed by atoms with Gasteiger partial charge in [-0.1, -0.05) is 26.7 Å². The Hall–Kier alpha value is -1.45. The average molecular weight is 269 g/mol. The highest BCUT2D eigenvalue weighted by molar-refractivity contribution is 5.54. The standard InChI is InChI=1S/C15H24FNO2/c1-4-6-8-18-13-10-12(17-3)11-14(15(13)16)19-9-7-5-2/h10-11,17H,4-9H2,1-3H3. The van der Waals surface area contributed by atoms with Gasteiger partial charge in [-0.05, 0) is 12.8 Å². The average Bonchev–Trinajstić information content (AvgIpc) is 2.42. The highest BCUT2D eigenvalue weighted by atomic mass is 19.1. The van der Waals surface area contributed by atoms with Crippen molar-refractivity contribution in [2.75, 3.05) is 25.6 Å². The maximum absolute atomic E-state index is 14.2. The van der Waals surface area contributed by atoms with Crippen molar-refractivity contribution in [1.82, 2.24) is 0 Å². The lowest BCUT2D eigenvalue weighted by molar-refractivity contribution is 0.268. The van der Waals surface area contributed by atoms with Crippen LogP contribution in [-0.4, -0.2) is 20.3 Å². The molecule has 1 N–H and O–H groups in total. The van der Waals surface area contributed by atoms with Crippen molar-refractivity contribution in [3.63, 3.8) is 0 Å². The van der Waals surface area contributed by atoms with Crippen LogP contribution in [0.25, 0.3) is 0 Å². The monoisotopic (exact) mass is 269 g/mol. The fourth-order valence-corrected chi connectivity index (χ4v) is 1.58. The molecule has 0 aromatic heterocycles. The van der Waals surface area contributed by atoms with E-state index in [1.54, 1.807) is 19.2 Å². The number of ether oxygens (including phenoxy) is 2. The zero-order valence-electron chi connectivity index (χ0n) is 12.1. The van der Waals surface area contributed by atoms with E-state index in [9.17, 15) is 4.39 Å². The second-order valence-corrected chi connectivity index (χ2v) is 4.44. The van der Waals surface area contributed by atoms with Crippen LogP contribution in [0.2, 0.25) is 0 Å². The Labute approximate surface area is 115 Å². The van der Waals surface area contributed by atoms with Crippen molar-refractivity contribution in [2.45, 2.75) is 39.5 Å². The minimum absolute atomic E-state index is 0.256. The Balaban J connectivity index is 2.80. The van der Waals surface area contributed by atoms with Crippen LogP contribution in [-0.2, 0) is 0 Å². The Morgan fingerprint density at radius 1 is 1.00 bits per heavy atom. The number of hydrogen-bond acceptors (Lipinski definition) is 3. The zero-order chi connectivity index (χ0) is 14.1. The first-order chi connectivity index (χ1) is 9.22. The van der Waals surface area contributed by atoms with Crippen LogP contribution in [0.5, 0.6) is 11.5 Å². The first-order valence-corrected chi connectivity index (χ1v) is 6.99. The summed E-state index contributed by atoms with van der Waals surface area (Å²) in [4.78, 5) is 0. The summed E-state index contributed by atoms with van der Waals surface area (Å²) in [5, 5.41) is 2.99. The summed E-state index contributed by atoms with van der Waals surface area (Å²) in [7, 11) is 1.79. The molecule has 0 atom stereocenters. The molecule has 4 heteroatoms. The quantitative estimate of drug-likeness (QED) is 0.681. The molecule has 19 heavy (non-hydrogen) atoms. The summed E-state index contributed by atoms with van der Waals surface area (Å²) in [6, 6.07) is 3.33. The lowest BCUT2D eigenvalue weighted by atomic mass is 10.2. The molecule has 0 fully saturated rings. The van der Waals surface area contributed by atoms with Gasteiger partial charge >= 0.3 is 0 Å². The molecule has 0 heterocycles. The Bertz CT molecular complexity index is 351. The van der Waals surface area contributed by atoms with E-state index < -0.39 is 5.82 Å². The van der Waals surface area contributed by atoms with Gasteiger partial charge in [0.1, 0.15) is 0 Å². The van der Waals surface area contributed by atoms with Crippen LogP contribution in [0.1, 0.15) is 39.5 Å². The van der Waals surface area contributed by atoms with E-state index in [0.29, 0.717) is 13.2 Å². The fraction of sp³-hybridized carbons (Fsp3) is 0.600. The van der Waals surface area contributed by atoms with E-state index in [1.165, 1.54) is 0 Å². The minimum atomic E-state index is -0.411. The van der Waals surface area contributed by atoms with Gasteiger partial charge in [0.05, 0.1) is 13.2 Å². The summed E-state index contributed by atoms with van der Waals surface area (Å²) in [5.74, 6) is 0.102. The highest BCUT2D eigenvalue weighted by Crippen LogP contribution is 2.31. The van der Waals surface area contributed by atoms with E-state index in [4.69, 9.17) is 9.47 Å². The van der Waals surface area contributed by atoms with E-state index in [2.05, 4.69) is 19.2 Å². The van der Waals surface area contributed by atoms with Gasteiger partial charge in [-0.15, -0.1) is 0 Å². The Morgan fingerprint density at radius 3 is 1.84 bits per heavy atom. The van der Waals surface area contributed by atoms with Crippen LogP contribution in [0.3, 0.4) is 0 Å². The van der Waals surface area contributed by atoms with Crippen LogP contribution in [0.4, 0.5) is 10.1 Å². The predicted molar refractivity (Wildman–Crippen MR) is 76.8 cm³/mol. The number of unbranched alkanes of at least 4 members (excludes halogenated alkanes) is 2. The predicted octanol–water partition coefficient (Wildman–Crippen LogP) is 4.23. The van der Waals surface area contributed by atoms with E-state index >= 15 is 0 Å².